The van der Waals surface area contributed by atoms with Gasteiger partial charge in [-0.3, -0.25) is 0 Å². The lowest BCUT2D eigenvalue weighted by Gasteiger charge is -2.37. The Kier molecular flexibility index (Phi) is 5.13. The smallest absolute Gasteiger partial charge is 0.410 e. The fourth-order valence-electron chi connectivity index (χ4n) is 5.99. The summed E-state index contributed by atoms with van der Waals surface area (Å²) in [7, 11) is 1.77. The Morgan fingerprint density at radius 1 is 1.29 bits per heavy atom. The van der Waals surface area contributed by atoms with E-state index in [1.54, 1.807) is 13.2 Å². The highest BCUT2D eigenvalue weighted by molar-refractivity contribution is 5.77. The van der Waals surface area contributed by atoms with E-state index in [4.69, 9.17) is 9.47 Å². The van der Waals surface area contributed by atoms with Crippen molar-refractivity contribution in [3.8, 4) is 6.07 Å². The van der Waals surface area contributed by atoms with Crippen molar-refractivity contribution in [1.29, 1.82) is 5.26 Å². The van der Waals surface area contributed by atoms with Crippen LogP contribution in [0.4, 0.5) is 4.79 Å². The molecule has 2 saturated carbocycles. The maximum Gasteiger partial charge on any atom is 0.410 e. The van der Waals surface area contributed by atoms with Crippen LogP contribution in [0.5, 0.6) is 0 Å². The Balaban J connectivity index is 1.29. The van der Waals surface area contributed by atoms with Crippen molar-refractivity contribution in [3.63, 3.8) is 0 Å². The van der Waals surface area contributed by atoms with Crippen molar-refractivity contribution in [2.75, 3.05) is 20.2 Å². The molecule has 0 bridgehead atoms. The standard InChI is InChI=1S/C24H30N4O3/c1-30-23(8-2-3-9-23)15-28-16-24(31-22(28)29)10-4-5-19(12-24)14-27-17-26-20-7-6-18(13-25)11-21(20)27/h6-7,11,17,19H,2-5,8-10,12,14-16H2,1H3/t19-,24-/m0/s1. The second kappa shape index (κ2) is 7.83. The van der Waals surface area contributed by atoms with E-state index in [2.05, 4.69) is 15.6 Å². The molecule has 2 aromatic rings. The molecule has 0 radical (unpaired) electrons. The second-order valence-corrected chi connectivity index (χ2v) is 9.68. The van der Waals surface area contributed by atoms with Gasteiger partial charge in [-0.25, -0.2) is 9.78 Å². The molecular formula is C24H30N4O3. The van der Waals surface area contributed by atoms with Gasteiger partial charge in [0.25, 0.3) is 0 Å². The topological polar surface area (TPSA) is 80.4 Å². The fourth-order valence-corrected chi connectivity index (χ4v) is 5.99. The van der Waals surface area contributed by atoms with E-state index in [1.165, 1.54) is 0 Å². The third kappa shape index (κ3) is 3.78. The number of rotatable bonds is 5. The minimum Gasteiger partial charge on any atom is -0.441 e. The van der Waals surface area contributed by atoms with Crippen LogP contribution in [-0.4, -0.2) is 51.9 Å². The highest BCUT2D eigenvalue weighted by atomic mass is 16.6. The molecule has 1 saturated heterocycles. The van der Waals surface area contributed by atoms with Crippen molar-refractivity contribution in [2.45, 2.75) is 69.1 Å². The fraction of sp³-hybridized carbons (Fsp3) is 0.625. The largest absolute Gasteiger partial charge is 0.441 e. The van der Waals surface area contributed by atoms with Crippen LogP contribution in [-0.2, 0) is 16.0 Å². The molecule has 1 aliphatic heterocycles. The molecule has 1 spiro atoms. The zero-order chi connectivity index (χ0) is 21.5. The van der Waals surface area contributed by atoms with Crippen molar-refractivity contribution >= 4 is 17.1 Å². The number of hydrogen-bond donors (Lipinski definition) is 0. The molecule has 31 heavy (non-hydrogen) atoms. The van der Waals surface area contributed by atoms with E-state index in [0.29, 0.717) is 24.6 Å². The third-order valence-corrected chi connectivity index (χ3v) is 7.58. The number of nitrogens with zero attached hydrogens (tertiary/aromatic N) is 4. The summed E-state index contributed by atoms with van der Waals surface area (Å²) in [5.74, 6) is 0.410. The summed E-state index contributed by atoms with van der Waals surface area (Å²) in [5.41, 5.74) is 1.96. The van der Waals surface area contributed by atoms with Crippen molar-refractivity contribution in [2.24, 2.45) is 5.92 Å². The van der Waals surface area contributed by atoms with Crippen LogP contribution in [0.3, 0.4) is 0 Å². The summed E-state index contributed by atoms with van der Waals surface area (Å²) >= 11 is 0. The third-order valence-electron chi connectivity index (χ3n) is 7.58. The summed E-state index contributed by atoms with van der Waals surface area (Å²) in [6.07, 6.45) is 9.99. The van der Waals surface area contributed by atoms with E-state index in [-0.39, 0.29) is 17.3 Å². The number of amides is 1. The number of nitriles is 1. The summed E-state index contributed by atoms with van der Waals surface area (Å²) in [5, 5.41) is 9.23. The lowest BCUT2D eigenvalue weighted by Crippen LogP contribution is -2.45. The maximum absolute atomic E-state index is 12.8. The molecule has 2 aliphatic carbocycles. The van der Waals surface area contributed by atoms with Crippen LogP contribution in [0.25, 0.3) is 11.0 Å². The zero-order valence-electron chi connectivity index (χ0n) is 18.2. The number of imidazole rings is 1. The van der Waals surface area contributed by atoms with Gasteiger partial charge in [0.2, 0.25) is 0 Å². The molecule has 1 aromatic heterocycles. The molecular weight excluding hydrogens is 392 g/mol. The number of ether oxygens (including phenoxy) is 2. The average Bonchev–Trinajstić information content (AvgIpc) is 3.47. The summed E-state index contributed by atoms with van der Waals surface area (Å²) < 4.78 is 14.0. The number of hydrogen-bond acceptors (Lipinski definition) is 5. The van der Waals surface area contributed by atoms with Crippen molar-refractivity contribution < 1.29 is 14.3 Å². The molecule has 1 aromatic carbocycles. The number of aromatic nitrogens is 2. The van der Waals surface area contributed by atoms with Crippen LogP contribution in [0.15, 0.2) is 24.5 Å². The number of carbonyl (C=O) groups is 1. The summed E-state index contributed by atoms with van der Waals surface area (Å²) in [6, 6.07) is 7.82. The molecule has 0 N–H and O–H groups in total. The molecule has 3 aliphatic rings. The van der Waals surface area contributed by atoms with Crippen molar-refractivity contribution in [3.05, 3.63) is 30.1 Å². The Morgan fingerprint density at radius 3 is 2.90 bits per heavy atom. The minimum atomic E-state index is -0.387. The van der Waals surface area contributed by atoms with Gasteiger partial charge < -0.3 is 18.9 Å². The molecule has 2 atom stereocenters. The maximum atomic E-state index is 12.8. The normalized spacial score (nSPS) is 27.7. The van der Waals surface area contributed by atoms with E-state index in [9.17, 15) is 10.1 Å². The van der Waals surface area contributed by atoms with Gasteiger partial charge in [-0.1, -0.05) is 12.8 Å². The second-order valence-electron chi connectivity index (χ2n) is 9.68. The zero-order valence-corrected chi connectivity index (χ0v) is 18.2. The Bertz CT molecular complexity index is 1020. The van der Waals surface area contributed by atoms with Gasteiger partial charge in [-0.05, 0) is 62.6 Å². The molecule has 7 nitrogen and oxygen atoms in total. The number of benzene rings is 1. The highest BCUT2D eigenvalue weighted by Crippen LogP contribution is 2.42. The first-order chi connectivity index (χ1) is 15.0. The predicted octanol–water partition coefficient (Wildman–Crippen LogP) is 4.25. The van der Waals surface area contributed by atoms with Gasteiger partial charge in [0.05, 0.1) is 47.7 Å². The summed E-state index contributed by atoms with van der Waals surface area (Å²) in [4.78, 5) is 19.1. The number of carbonyl (C=O) groups excluding carboxylic acids is 1. The van der Waals surface area contributed by atoms with Crippen molar-refractivity contribution in [1.82, 2.24) is 14.5 Å². The van der Waals surface area contributed by atoms with Gasteiger partial charge in [0.1, 0.15) is 5.60 Å². The first-order valence-electron chi connectivity index (χ1n) is 11.4. The molecule has 7 heteroatoms. The Labute approximate surface area is 182 Å². The van der Waals surface area contributed by atoms with E-state index >= 15 is 0 Å². The van der Waals surface area contributed by atoms with Gasteiger partial charge in [0.15, 0.2) is 0 Å². The molecule has 2 heterocycles. The molecule has 164 valence electrons. The Morgan fingerprint density at radius 2 is 2.13 bits per heavy atom. The lowest BCUT2D eigenvalue weighted by atomic mass is 9.78. The number of methoxy groups -OCH3 is 1. The quantitative estimate of drug-likeness (QED) is 0.720. The van der Waals surface area contributed by atoms with Gasteiger partial charge in [-0.2, -0.15) is 5.26 Å². The Hall–Kier alpha value is -2.59. The molecule has 0 unspecified atom stereocenters. The predicted molar refractivity (Wildman–Crippen MR) is 115 cm³/mol. The minimum absolute atomic E-state index is 0.185. The van der Waals surface area contributed by atoms with Crippen LogP contribution >= 0.6 is 0 Å². The monoisotopic (exact) mass is 422 g/mol. The molecule has 1 amide bonds. The number of fused-ring (bicyclic) bond motifs is 1. The van der Waals surface area contributed by atoms with Crippen LogP contribution in [0.1, 0.15) is 56.9 Å². The average molecular weight is 423 g/mol. The van der Waals surface area contributed by atoms with E-state index in [0.717, 1.165) is 68.9 Å². The van der Waals surface area contributed by atoms with Crippen LogP contribution in [0.2, 0.25) is 0 Å². The van der Waals surface area contributed by atoms with Gasteiger partial charge in [0, 0.05) is 13.7 Å². The summed E-state index contributed by atoms with van der Waals surface area (Å²) in [6.45, 7) is 2.13. The lowest BCUT2D eigenvalue weighted by molar-refractivity contribution is -0.0226. The first-order valence-corrected chi connectivity index (χ1v) is 11.4. The first kappa shape index (κ1) is 20.3. The molecule has 5 rings (SSSR count). The SMILES string of the molecule is COC1(CN2C[C@@]3(CCC[C@H](Cn4cnc5ccc(C#N)cc54)C3)OC2=O)CCCC1. The van der Waals surface area contributed by atoms with Gasteiger partial charge >= 0.3 is 6.09 Å². The van der Waals surface area contributed by atoms with Crippen LogP contribution < -0.4 is 0 Å². The van der Waals surface area contributed by atoms with Crippen LogP contribution in [0, 0.1) is 17.2 Å². The van der Waals surface area contributed by atoms with Gasteiger partial charge in [-0.15, -0.1) is 0 Å². The molecule has 3 fully saturated rings. The van der Waals surface area contributed by atoms with E-state index < -0.39 is 0 Å². The highest BCUT2D eigenvalue weighted by Gasteiger charge is 2.50. The van der Waals surface area contributed by atoms with E-state index in [1.807, 2.05) is 23.4 Å².